The predicted octanol–water partition coefficient (Wildman–Crippen LogP) is 3.27. The first-order valence-electron chi connectivity index (χ1n) is 7.35. The molecule has 0 aromatic heterocycles. The van der Waals surface area contributed by atoms with Crippen LogP contribution in [-0.4, -0.2) is 46.0 Å². The molecule has 120 valence electrons. The summed E-state index contributed by atoms with van der Waals surface area (Å²) < 4.78 is 14.0. The first-order chi connectivity index (χ1) is 10.4. The smallest absolute Gasteiger partial charge is 0.335 e. The second-order valence-electron chi connectivity index (χ2n) is 5.46. The van der Waals surface area contributed by atoms with Gasteiger partial charge in [0.05, 0.1) is 11.1 Å². The molecule has 2 rings (SSSR count). The van der Waals surface area contributed by atoms with Gasteiger partial charge < -0.3 is 10.0 Å². The number of carboxylic acids is 1. The number of amides is 1. The van der Waals surface area contributed by atoms with Crippen molar-refractivity contribution in [2.45, 2.75) is 37.5 Å². The molecule has 6 heteroatoms. The lowest BCUT2D eigenvalue weighted by molar-refractivity contribution is 0.0690. The zero-order valence-corrected chi connectivity index (χ0v) is 13.5. The first-order valence-corrected chi connectivity index (χ1v) is 8.40. The molecule has 1 fully saturated rings. The largest absolute Gasteiger partial charge is 0.478 e. The monoisotopic (exact) mass is 325 g/mol. The fourth-order valence-electron chi connectivity index (χ4n) is 2.83. The van der Waals surface area contributed by atoms with Gasteiger partial charge in [0, 0.05) is 18.3 Å². The molecule has 0 bridgehead atoms. The van der Waals surface area contributed by atoms with Crippen LogP contribution in [0, 0.1) is 5.82 Å². The summed E-state index contributed by atoms with van der Waals surface area (Å²) >= 11 is 1.90. The third kappa shape index (κ3) is 3.61. The Kier molecular flexibility index (Phi) is 5.45. The van der Waals surface area contributed by atoms with E-state index in [1.165, 1.54) is 12.1 Å². The molecule has 2 atom stereocenters. The van der Waals surface area contributed by atoms with Crippen LogP contribution < -0.4 is 0 Å². The van der Waals surface area contributed by atoms with Crippen LogP contribution in [0.4, 0.5) is 4.39 Å². The van der Waals surface area contributed by atoms with E-state index in [0.29, 0.717) is 5.25 Å². The van der Waals surface area contributed by atoms with Gasteiger partial charge in [0.15, 0.2) is 0 Å². The molecule has 1 aliphatic carbocycles. The molecular formula is C16H20FNO3S. The maximum Gasteiger partial charge on any atom is 0.335 e. The lowest BCUT2D eigenvalue weighted by Crippen LogP contribution is -2.36. The number of hydrogen-bond acceptors (Lipinski definition) is 3. The average molecular weight is 325 g/mol. The SMILES string of the molecule is CCSC1CCC(N(C)C(=O)c2ccc(C(=O)O)cc2F)C1. The van der Waals surface area contributed by atoms with E-state index in [2.05, 4.69) is 6.92 Å². The van der Waals surface area contributed by atoms with Gasteiger partial charge in [-0.15, -0.1) is 0 Å². The predicted molar refractivity (Wildman–Crippen MR) is 85.0 cm³/mol. The van der Waals surface area contributed by atoms with Gasteiger partial charge in [-0.05, 0) is 43.2 Å². The van der Waals surface area contributed by atoms with Gasteiger partial charge in [-0.1, -0.05) is 6.92 Å². The Balaban J connectivity index is 2.09. The lowest BCUT2D eigenvalue weighted by Gasteiger charge is -2.25. The molecule has 0 heterocycles. The Bertz CT molecular complexity index is 579. The van der Waals surface area contributed by atoms with E-state index in [0.717, 1.165) is 31.1 Å². The zero-order valence-electron chi connectivity index (χ0n) is 12.7. The number of carbonyl (C=O) groups excluding carboxylic acids is 1. The highest BCUT2D eigenvalue weighted by molar-refractivity contribution is 7.99. The van der Waals surface area contributed by atoms with Crippen molar-refractivity contribution >= 4 is 23.6 Å². The van der Waals surface area contributed by atoms with Crippen molar-refractivity contribution in [2.24, 2.45) is 0 Å². The fraction of sp³-hybridized carbons (Fsp3) is 0.500. The van der Waals surface area contributed by atoms with Crippen LogP contribution in [0.2, 0.25) is 0 Å². The molecule has 1 aromatic rings. The summed E-state index contributed by atoms with van der Waals surface area (Å²) in [5.74, 6) is -1.32. The Labute approximate surface area is 133 Å². The molecule has 22 heavy (non-hydrogen) atoms. The van der Waals surface area contributed by atoms with E-state index in [1.807, 2.05) is 11.8 Å². The maximum absolute atomic E-state index is 14.0. The molecule has 0 aliphatic heterocycles. The lowest BCUT2D eigenvalue weighted by atomic mass is 10.1. The van der Waals surface area contributed by atoms with Gasteiger partial charge in [-0.3, -0.25) is 4.79 Å². The molecular weight excluding hydrogens is 305 g/mol. The van der Waals surface area contributed by atoms with Crippen molar-refractivity contribution in [1.82, 2.24) is 4.90 Å². The highest BCUT2D eigenvalue weighted by atomic mass is 32.2. The molecule has 4 nitrogen and oxygen atoms in total. The summed E-state index contributed by atoms with van der Waals surface area (Å²) in [5.41, 5.74) is -0.226. The minimum Gasteiger partial charge on any atom is -0.478 e. The maximum atomic E-state index is 14.0. The molecule has 1 aromatic carbocycles. The topological polar surface area (TPSA) is 57.6 Å². The molecule has 1 saturated carbocycles. The van der Waals surface area contributed by atoms with Crippen LogP contribution in [0.3, 0.4) is 0 Å². The quantitative estimate of drug-likeness (QED) is 0.903. The Hall–Kier alpha value is -1.56. The van der Waals surface area contributed by atoms with Gasteiger partial charge in [0.1, 0.15) is 5.82 Å². The van der Waals surface area contributed by atoms with Crippen LogP contribution in [0.25, 0.3) is 0 Å². The highest BCUT2D eigenvalue weighted by Crippen LogP contribution is 2.32. The standard InChI is InChI=1S/C16H20FNO3S/c1-3-22-12-6-5-11(9-12)18(2)15(19)13-7-4-10(16(20)21)8-14(13)17/h4,7-8,11-12H,3,5-6,9H2,1-2H3,(H,20,21). The number of thioether (sulfide) groups is 1. The summed E-state index contributed by atoms with van der Waals surface area (Å²) in [5, 5.41) is 9.40. The van der Waals surface area contributed by atoms with Gasteiger partial charge in [-0.2, -0.15) is 11.8 Å². The highest BCUT2D eigenvalue weighted by Gasteiger charge is 2.31. The Morgan fingerprint density at radius 2 is 2.14 bits per heavy atom. The minimum atomic E-state index is -1.21. The number of carboxylic acid groups (broad SMARTS) is 1. The van der Waals surface area contributed by atoms with Crippen molar-refractivity contribution in [1.29, 1.82) is 0 Å². The number of halogens is 1. The number of hydrogen-bond donors (Lipinski definition) is 1. The van der Waals surface area contributed by atoms with Crippen LogP contribution >= 0.6 is 11.8 Å². The second kappa shape index (κ2) is 7.13. The third-order valence-electron chi connectivity index (χ3n) is 4.07. The van der Waals surface area contributed by atoms with E-state index in [9.17, 15) is 14.0 Å². The van der Waals surface area contributed by atoms with E-state index in [4.69, 9.17) is 5.11 Å². The fourth-order valence-corrected chi connectivity index (χ4v) is 3.97. The second-order valence-corrected chi connectivity index (χ2v) is 7.04. The van der Waals surface area contributed by atoms with Crippen LogP contribution in [0.15, 0.2) is 18.2 Å². The van der Waals surface area contributed by atoms with Gasteiger partial charge in [0.2, 0.25) is 0 Å². The zero-order chi connectivity index (χ0) is 16.3. The van der Waals surface area contributed by atoms with Gasteiger partial charge in [0.25, 0.3) is 5.91 Å². The number of benzene rings is 1. The summed E-state index contributed by atoms with van der Waals surface area (Å²) in [4.78, 5) is 24.8. The Morgan fingerprint density at radius 3 is 2.73 bits per heavy atom. The summed E-state index contributed by atoms with van der Waals surface area (Å²) in [6.45, 7) is 2.12. The molecule has 1 N–H and O–H groups in total. The number of aromatic carboxylic acids is 1. The normalized spacial score (nSPS) is 20.9. The third-order valence-corrected chi connectivity index (χ3v) is 5.31. The van der Waals surface area contributed by atoms with Gasteiger partial charge in [-0.25, -0.2) is 9.18 Å². The van der Waals surface area contributed by atoms with E-state index < -0.39 is 11.8 Å². The summed E-state index contributed by atoms with van der Waals surface area (Å²) in [6.07, 6.45) is 2.92. The number of nitrogens with zero attached hydrogens (tertiary/aromatic N) is 1. The van der Waals surface area contributed by atoms with E-state index in [1.54, 1.807) is 11.9 Å². The van der Waals surface area contributed by atoms with Crippen LogP contribution in [0.5, 0.6) is 0 Å². The molecule has 0 radical (unpaired) electrons. The number of rotatable bonds is 5. The molecule has 1 aliphatic rings. The van der Waals surface area contributed by atoms with Crippen molar-refractivity contribution < 1.29 is 19.1 Å². The molecule has 2 unspecified atom stereocenters. The van der Waals surface area contributed by atoms with Gasteiger partial charge >= 0.3 is 5.97 Å². The average Bonchev–Trinajstić information content (AvgIpc) is 2.94. The summed E-state index contributed by atoms with van der Waals surface area (Å²) in [7, 11) is 1.69. The van der Waals surface area contributed by atoms with Crippen LogP contribution in [-0.2, 0) is 0 Å². The summed E-state index contributed by atoms with van der Waals surface area (Å²) in [6, 6.07) is 3.53. The molecule has 0 saturated heterocycles. The van der Waals surface area contributed by atoms with Crippen molar-refractivity contribution in [2.75, 3.05) is 12.8 Å². The molecule has 0 spiro atoms. The van der Waals surface area contributed by atoms with Crippen molar-refractivity contribution in [3.05, 3.63) is 35.1 Å². The first kappa shape index (κ1) is 16.8. The van der Waals surface area contributed by atoms with Crippen molar-refractivity contribution in [3.8, 4) is 0 Å². The van der Waals surface area contributed by atoms with Crippen molar-refractivity contribution in [3.63, 3.8) is 0 Å². The van der Waals surface area contributed by atoms with E-state index in [-0.39, 0.29) is 23.1 Å². The number of carbonyl (C=O) groups is 2. The molecule has 1 amide bonds. The van der Waals surface area contributed by atoms with E-state index >= 15 is 0 Å². The van der Waals surface area contributed by atoms with Crippen LogP contribution in [0.1, 0.15) is 46.9 Å². The Morgan fingerprint density at radius 1 is 1.41 bits per heavy atom. The minimum absolute atomic E-state index is 0.0703.